The predicted octanol–water partition coefficient (Wildman–Crippen LogP) is 1.48. The second-order valence-electron chi connectivity index (χ2n) is 4.96. The number of hydrogen-bond acceptors (Lipinski definition) is 3. The van der Waals surface area contributed by atoms with Crippen molar-refractivity contribution in [2.24, 2.45) is 5.92 Å². The lowest BCUT2D eigenvalue weighted by atomic mass is 9.84. The van der Waals surface area contributed by atoms with E-state index in [0.717, 1.165) is 5.92 Å². The van der Waals surface area contributed by atoms with Crippen LogP contribution in [-0.4, -0.2) is 33.3 Å². The summed E-state index contributed by atoms with van der Waals surface area (Å²) in [5, 5.41) is 3.35. The summed E-state index contributed by atoms with van der Waals surface area (Å²) < 4.78 is 25.4. The third kappa shape index (κ3) is 5.84. The highest BCUT2D eigenvalue weighted by Gasteiger charge is 2.19. The Morgan fingerprint density at radius 2 is 1.88 bits per heavy atom. The molecule has 0 aromatic heterocycles. The summed E-state index contributed by atoms with van der Waals surface area (Å²) in [4.78, 5) is 0. The van der Waals surface area contributed by atoms with Gasteiger partial charge in [0.05, 0.1) is 5.75 Å². The lowest BCUT2D eigenvalue weighted by molar-refractivity contribution is 0.285. The maximum Gasteiger partial charge on any atom is 0.212 e. The molecule has 5 heteroatoms. The minimum absolute atomic E-state index is 0.178. The van der Waals surface area contributed by atoms with Crippen molar-refractivity contribution in [1.82, 2.24) is 10.0 Å². The first-order valence-corrected chi connectivity index (χ1v) is 8.41. The molecule has 2 N–H and O–H groups in total. The zero-order chi connectivity index (χ0) is 12.7. The molecule has 0 aromatic rings. The molecule has 1 fully saturated rings. The Bertz CT molecular complexity index is 298. The van der Waals surface area contributed by atoms with Gasteiger partial charge in [0.15, 0.2) is 0 Å². The minimum atomic E-state index is -3.07. The van der Waals surface area contributed by atoms with Crippen molar-refractivity contribution >= 4 is 10.0 Å². The van der Waals surface area contributed by atoms with E-state index in [0.29, 0.717) is 19.1 Å². The number of sulfonamides is 1. The van der Waals surface area contributed by atoms with Gasteiger partial charge >= 0.3 is 0 Å². The highest BCUT2D eigenvalue weighted by molar-refractivity contribution is 7.89. The summed E-state index contributed by atoms with van der Waals surface area (Å²) in [5.74, 6) is 0.906. The monoisotopic (exact) mass is 262 g/mol. The topological polar surface area (TPSA) is 58.2 Å². The van der Waals surface area contributed by atoms with Gasteiger partial charge in [0.2, 0.25) is 10.0 Å². The molecule has 0 bridgehead atoms. The van der Waals surface area contributed by atoms with Gasteiger partial charge in [-0.1, -0.05) is 26.2 Å². The van der Waals surface area contributed by atoms with Gasteiger partial charge in [-0.15, -0.1) is 0 Å². The molecular weight excluding hydrogens is 236 g/mol. The molecule has 0 saturated heterocycles. The van der Waals surface area contributed by atoms with Crippen molar-refractivity contribution in [2.75, 3.05) is 18.8 Å². The fraction of sp³-hybridized carbons (Fsp3) is 1.00. The van der Waals surface area contributed by atoms with Crippen LogP contribution in [0.3, 0.4) is 0 Å². The van der Waals surface area contributed by atoms with Gasteiger partial charge in [-0.2, -0.15) is 0 Å². The summed E-state index contributed by atoms with van der Waals surface area (Å²) in [6, 6.07) is 0.437. The Morgan fingerprint density at radius 3 is 2.47 bits per heavy atom. The van der Waals surface area contributed by atoms with Crippen molar-refractivity contribution in [2.45, 2.75) is 52.0 Å². The van der Waals surface area contributed by atoms with Gasteiger partial charge in [0, 0.05) is 19.1 Å². The first-order chi connectivity index (χ1) is 8.05. The zero-order valence-electron chi connectivity index (χ0n) is 11.0. The normalized spacial score (nSPS) is 20.4. The molecular formula is C12H26N2O2S. The Balaban J connectivity index is 2.21. The van der Waals surface area contributed by atoms with E-state index in [1.54, 1.807) is 6.92 Å². The third-order valence-corrected chi connectivity index (χ3v) is 5.03. The average molecular weight is 262 g/mol. The van der Waals surface area contributed by atoms with Crippen molar-refractivity contribution in [1.29, 1.82) is 0 Å². The number of hydrogen-bond donors (Lipinski definition) is 2. The zero-order valence-corrected chi connectivity index (χ0v) is 11.9. The summed E-state index contributed by atoms with van der Waals surface area (Å²) in [5.41, 5.74) is 0. The van der Waals surface area contributed by atoms with Crippen LogP contribution in [0.15, 0.2) is 0 Å². The van der Waals surface area contributed by atoms with E-state index in [2.05, 4.69) is 17.0 Å². The number of nitrogens with one attached hydrogen (secondary N) is 2. The van der Waals surface area contributed by atoms with Crippen molar-refractivity contribution < 1.29 is 8.42 Å². The van der Waals surface area contributed by atoms with E-state index in [4.69, 9.17) is 0 Å². The second kappa shape index (κ2) is 7.34. The smallest absolute Gasteiger partial charge is 0.212 e. The van der Waals surface area contributed by atoms with Crippen LogP contribution in [0.2, 0.25) is 0 Å². The van der Waals surface area contributed by atoms with Gasteiger partial charge in [-0.25, -0.2) is 13.1 Å². The Morgan fingerprint density at radius 1 is 1.24 bits per heavy atom. The van der Waals surface area contributed by atoms with Crippen molar-refractivity contribution in [3.05, 3.63) is 0 Å². The second-order valence-corrected chi connectivity index (χ2v) is 6.88. The first kappa shape index (κ1) is 14.9. The third-order valence-electron chi connectivity index (χ3n) is 3.56. The first-order valence-electron chi connectivity index (χ1n) is 6.76. The van der Waals surface area contributed by atoms with Crippen LogP contribution in [0.1, 0.15) is 46.0 Å². The standard InChI is InChI=1S/C12H26N2O2S/c1-3-14-17(15,16)10-9-13-11(2)12-7-5-4-6-8-12/h11-14H,3-10H2,1-2H3. The quantitative estimate of drug-likeness (QED) is 0.731. The highest BCUT2D eigenvalue weighted by Crippen LogP contribution is 2.26. The summed E-state index contributed by atoms with van der Waals surface area (Å²) in [6.07, 6.45) is 6.58. The molecule has 1 atom stereocenters. The highest BCUT2D eigenvalue weighted by atomic mass is 32.2. The van der Waals surface area contributed by atoms with Crippen molar-refractivity contribution in [3.63, 3.8) is 0 Å². The SMILES string of the molecule is CCNS(=O)(=O)CCNC(C)C1CCCCC1. The summed E-state index contributed by atoms with van der Waals surface area (Å²) in [6.45, 7) is 5.00. The minimum Gasteiger partial charge on any atom is -0.313 e. The molecule has 0 amide bonds. The molecule has 0 aliphatic heterocycles. The van der Waals surface area contributed by atoms with Crippen LogP contribution in [0.5, 0.6) is 0 Å². The molecule has 17 heavy (non-hydrogen) atoms. The average Bonchev–Trinajstić information content (AvgIpc) is 2.29. The fourth-order valence-corrected chi connectivity index (χ4v) is 3.48. The van der Waals surface area contributed by atoms with Crippen LogP contribution in [-0.2, 0) is 10.0 Å². The molecule has 0 spiro atoms. The molecule has 1 rings (SSSR count). The molecule has 102 valence electrons. The maximum absolute atomic E-state index is 11.4. The van der Waals surface area contributed by atoms with E-state index in [1.807, 2.05) is 0 Å². The van der Waals surface area contributed by atoms with Gasteiger partial charge in [0.25, 0.3) is 0 Å². The Hall–Kier alpha value is -0.130. The molecule has 4 nitrogen and oxygen atoms in total. The molecule has 0 heterocycles. The lowest BCUT2D eigenvalue weighted by Gasteiger charge is -2.28. The van der Waals surface area contributed by atoms with Gasteiger partial charge < -0.3 is 5.32 Å². The van der Waals surface area contributed by atoms with E-state index >= 15 is 0 Å². The Labute approximate surface area is 106 Å². The summed E-state index contributed by atoms with van der Waals surface area (Å²) in [7, 11) is -3.07. The molecule has 1 unspecified atom stereocenters. The predicted molar refractivity (Wildman–Crippen MR) is 71.5 cm³/mol. The van der Waals surface area contributed by atoms with Crippen LogP contribution in [0.25, 0.3) is 0 Å². The number of rotatable bonds is 7. The lowest BCUT2D eigenvalue weighted by Crippen LogP contribution is -2.39. The van der Waals surface area contributed by atoms with Crippen LogP contribution < -0.4 is 10.0 Å². The van der Waals surface area contributed by atoms with Gasteiger partial charge in [0.1, 0.15) is 0 Å². The van der Waals surface area contributed by atoms with Crippen LogP contribution >= 0.6 is 0 Å². The van der Waals surface area contributed by atoms with E-state index in [9.17, 15) is 8.42 Å². The van der Waals surface area contributed by atoms with E-state index in [-0.39, 0.29) is 5.75 Å². The molecule has 0 radical (unpaired) electrons. The summed E-state index contributed by atoms with van der Waals surface area (Å²) >= 11 is 0. The Kier molecular flexibility index (Phi) is 6.44. The fourth-order valence-electron chi connectivity index (χ4n) is 2.51. The van der Waals surface area contributed by atoms with Crippen LogP contribution in [0, 0.1) is 5.92 Å². The molecule has 1 saturated carbocycles. The molecule has 1 aliphatic rings. The van der Waals surface area contributed by atoms with Crippen LogP contribution in [0.4, 0.5) is 0 Å². The van der Waals surface area contributed by atoms with Gasteiger partial charge in [-0.05, 0) is 25.7 Å². The van der Waals surface area contributed by atoms with Crippen molar-refractivity contribution in [3.8, 4) is 0 Å². The molecule has 1 aliphatic carbocycles. The largest absolute Gasteiger partial charge is 0.313 e. The van der Waals surface area contributed by atoms with Gasteiger partial charge in [-0.3, -0.25) is 0 Å². The maximum atomic E-state index is 11.4. The van der Waals surface area contributed by atoms with E-state index in [1.165, 1.54) is 32.1 Å². The van der Waals surface area contributed by atoms with E-state index < -0.39 is 10.0 Å². The molecule has 0 aromatic carbocycles.